The summed E-state index contributed by atoms with van der Waals surface area (Å²) in [5.74, 6) is 1.46. The van der Waals surface area contributed by atoms with E-state index in [9.17, 15) is 4.79 Å². The van der Waals surface area contributed by atoms with Gasteiger partial charge in [0.05, 0.1) is 5.69 Å². The Hall–Kier alpha value is -3.41. The number of aromatic nitrogens is 2. The largest absolute Gasteiger partial charge is 0.481 e. The molecule has 6 heteroatoms. The molecule has 0 saturated carbocycles. The lowest BCUT2D eigenvalue weighted by molar-refractivity contribution is -0.122. The maximum atomic E-state index is 12.7. The van der Waals surface area contributed by atoms with Crippen molar-refractivity contribution in [1.29, 1.82) is 0 Å². The molecule has 33 heavy (non-hydrogen) atoms. The number of carbonyl (C=O) groups is 1. The highest BCUT2D eigenvalue weighted by atomic mass is 16.5. The first-order valence-corrected chi connectivity index (χ1v) is 11.7. The molecule has 1 aliphatic rings. The number of hydrogen-bond donors (Lipinski definition) is 1. The summed E-state index contributed by atoms with van der Waals surface area (Å²) in [6.45, 7) is 7.82. The number of anilines is 2. The Kier molecular flexibility index (Phi) is 7.23. The van der Waals surface area contributed by atoms with Gasteiger partial charge in [0.25, 0.3) is 5.91 Å². The van der Waals surface area contributed by atoms with E-state index < -0.39 is 6.10 Å². The molecule has 3 aromatic rings. The van der Waals surface area contributed by atoms with Gasteiger partial charge in [0, 0.05) is 24.3 Å². The number of amides is 1. The molecule has 1 N–H and O–H groups in total. The Morgan fingerprint density at radius 3 is 2.48 bits per heavy atom. The maximum absolute atomic E-state index is 12.7. The van der Waals surface area contributed by atoms with E-state index in [2.05, 4.69) is 20.4 Å². The molecule has 2 aromatic carbocycles. The molecule has 1 fully saturated rings. The summed E-state index contributed by atoms with van der Waals surface area (Å²) in [5, 5.41) is 11.9. The number of hydrogen-bond acceptors (Lipinski definition) is 5. The van der Waals surface area contributed by atoms with Crippen molar-refractivity contribution in [2.45, 2.75) is 52.6 Å². The predicted molar refractivity (Wildman–Crippen MR) is 133 cm³/mol. The standard InChI is InChI=1S/C27H32N4O2/c1-19-11-12-20(2)25(17-19)33-21(3)27(32)28-23-10-8-9-22(18-23)24-13-14-26(30-29-24)31-15-6-4-5-7-16-31/h8-14,17-18,21H,4-7,15-16H2,1-3H3,(H,28,32). The van der Waals surface area contributed by atoms with Crippen LogP contribution in [0.4, 0.5) is 11.5 Å². The van der Waals surface area contributed by atoms with Crippen LogP contribution in [-0.2, 0) is 4.79 Å². The van der Waals surface area contributed by atoms with Crippen LogP contribution in [0.2, 0.25) is 0 Å². The van der Waals surface area contributed by atoms with Crippen molar-refractivity contribution in [1.82, 2.24) is 10.2 Å². The van der Waals surface area contributed by atoms with E-state index in [-0.39, 0.29) is 5.91 Å². The first kappa shape index (κ1) is 22.8. The van der Waals surface area contributed by atoms with Gasteiger partial charge in [-0.15, -0.1) is 10.2 Å². The van der Waals surface area contributed by atoms with Crippen LogP contribution in [0.15, 0.2) is 54.6 Å². The average Bonchev–Trinajstić information content (AvgIpc) is 3.11. The second-order valence-corrected chi connectivity index (χ2v) is 8.78. The molecule has 1 atom stereocenters. The Morgan fingerprint density at radius 2 is 1.76 bits per heavy atom. The fraction of sp³-hybridized carbons (Fsp3) is 0.370. The van der Waals surface area contributed by atoms with Gasteiger partial charge >= 0.3 is 0 Å². The summed E-state index contributed by atoms with van der Waals surface area (Å²) in [6, 6.07) is 17.7. The number of benzene rings is 2. The SMILES string of the molecule is Cc1ccc(C)c(OC(C)C(=O)Nc2cccc(-c3ccc(N4CCCCCC4)nn3)c2)c1. The summed E-state index contributed by atoms with van der Waals surface area (Å²) in [6.07, 6.45) is 4.36. The lowest BCUT2D eigenvalue weighted by atomic mass is 10.1. The van der Waals surface area contributed by atoms with Gasteiger partial charge in [-0.05, 0) is 75.1 Å². The molecule has 1 unspecified atom stereocenters. The van der Waals surface area contributed by atoms with Crippen molar-refractivity contribution >= 4 is 17.4 Å². The zero-order valence-corrected chi connectivity index (χ0v) is 19.7. The minimum Gasteiger partial charge on any atom is -0.481 e. The van der Waals surface area contributed by atoms with Crippen LogP contribution in [-0.4, -0.2) is 35.3 Å². The number of ether oxygens (including phenoxy) is 1. The topological polar surface area (TPSA) is 67.3 Å². The highest BCUT2D eigenvalue weighted by molar-refractivity contribution is 5.94. The molecule has 4 rings (SSSR count). The van der Waals surface area contributed by atoms with E-state index in [1.54, 1.807) is 6.92 Å². The second kappa shape index (κ2) is 10.5. The molecular formula is C27H32N4O2. The highest BCUT2D eigenvalue weighted by Gasteiger charge is 2.17. The van der Waals surface area contributed by atoms with E-state index >= 15 is 0 Å². The fourth-order valence-corrected chi connectivity index (χ4v) is 4.03. The van der Waals surface area contributed by atoms with E-state index in [0.717, 1.165) is 47.0 Å². The first-order valence-electron chi connectivity index (χ1n) is 11.7. The number of nitrogens with zero attached hydrogens (tertiary/aromatic N) is 3. The van der Waals surface area contributed by atoms with Gasteiger partial charge in [-0.2, -0.15) is 0 Å². The maximum Gasteiger partial charge on any atom is 0.265 e. The van der Waals surface area contributed by atoms with Crippen molar-refractivity contribution in [2.24, 2.45) is 0 Å². The molecule has 1 aromatic heterocycles. The van der Waals surface area contributed by atoms with Crippen LogP contribution in [0, 0.1) is 13.8 Å². The molecule has 1 amide bonds. The zero-order chi connectivity index (χ0) is 23.2. The molecular weight excluding hydrogens is 412 g/mol. The molecule has 2 heterocycles. The van der Waals surface area contributed by atoms with Crippen LogP contribution in [0.5, 0.6) is 5.75 Å². The molecule has 0 spiro atoms. The van der Waals surface area contributed by atoms with Crippen LogP contribution in [0.25, 0.3) is 11.3 Å². The second-order valence-electron chi connectivity index (χ2n) is 8.78. The normalized spacial score (nSPS) is 14.9. The van der Waals surface area contributed by atoms with Crippen molar-refractivity contribution < 1.29 is 9.53 Å². The van der Waals surface area contributed by atoms with E-state index in [4.69, 9.17) is 4.74 Å². The van der Waals surface area contributed by atoms with E-state index in [1.165, 1.54) is 25.7 Å². The third-order valence-electron chi connectivity index (χ3n) is 6.02. The van der Waals surface area contributed by atoms with Crippen molar-refractivity contribution in [3.8, 4) is 17.0 Å². The summed E-state index contributed by atoms with van der Waals surface area (Å²) in [4.78, 5) is 15.1. The minimum atomic E-state index is -0.623. The van der Waals surface area contributed by atoms with Gasteiger partial charge in [-0.3, -0.25) is 4.79 Å². The number of nitrogens with one attached hydrogen (secondary N) is 1. The summed E-state index contributed by atoms with van der Waals surface area (Å²) >= 11 is 0. The fourth-order valence-electron chi connectivity index (χ4n) is 4.03. The average molecular weight is 445 g/mol. The smallest absolute Gasteiger partial charge is 0.265 e. The minimum absolute atomic E-state index is 0.198. The molecule has 0 bridgehead atoms. The first-order chi connectivity index (χ1) is 16.0. The van der Waals surface area contributed by atoms with Gasteiger partial charge in [0.1, 0.15) is 5.75 Å². The third kappa shape index (κ3) is 5.89. The van der Waals surface area contributed by atoms with E-state index in [0.29, 0.717) is 5.69 Å². The van der Waals surface area contributed by atoms with Crippen LogP contribution in [0.1, 0.15) is 43.7 Å². The number of aryl methyl sites for hydroxylation is 2. The van der Waals surface area contributed by atoms with Gasteiger partial charge in [-0.25, -0.2) is 0 Å². The van der Waals surface area contributed by atoms with Gasteiger partial charge in [-0.1, -0.05) is 37.1 Å². The lowest BCUT2D eigenvalue weighted by Crippen LogP contribution is -2.30. The molecule has 172 valence electrons. The summed E-state index contributed by atoms with van der Waals surface area (Å²) < 4.78 is 5.92. The third-order valence-corrected chi connectivity index (χ3v) is 6.02. The number of carbonyl (C=O) groups excluding carboxylic acids is 1. The Bertz CT molecular complexity index is 1090. The summed E-state index contributed by atoms with van der Waals surface area (Å²) in [5.41, 5.74) is 4.49. The van der Waals surface area contributed by atoms with Crippen molar-refractivity contribution in [3.63, 3.8) is 0 Å². The van der Waals surface area contributed by atoms with E-state index in [1.807, 2.05) is 68.4 Å². The van der Waals surface area contributed by atoms with Crippen LogP contribution in [0.3, 0.4) is 0 Å². The number of rotatable bonds is 6. The monoisotopic (exact) mass is 444 g/mol. The molecule has 6 nitrogen and oxygen atoms in total. The Balaban J connectivity index is 1.42. The van der Waals surface area contributed by atoms with Gasteiger partial charge in [0.2, 0.25) is 0 Å². The highest BCUT2D eigenvalue weighted by Crippen LogP contribution is 2.24. The molecule has 0 aliphatic carbocycles. The molecule has 1 saturated heterocycles. The van der Waals surface area contributed by atoms with Crippen molar-refractivity contribution in [3.05, 3.63) is 65.7 Å². The quantitative estimate of drug-likeness (QED) is 0.540. The van der Waals surface area contributed by atoms with Gasteiger partial charge in [0.15, 0.2) is 11.9 Å². The van der Waals surface area contributed by atoms with Crippen molar-refractivity contribution in [2.75, 3.05) is 23.3 Å². The zero-order valence-electron chi connectivity index (χ0n) is 19.7. The van der Waals surface area contributed by atoms with Gasteiger partial charge < -0.3 is 15.0 Å². The molecule has 0 radical (unpaired) electrons. The molecule has 1 aliphatic heterocycles. The predicted octanol–water partition coefficient (Wildman–Crippen LogP) is 5.55. The Morgan fingerprint density at radius 1 is 0.970 bits per heavy atom. The summed E-state index contributed by atoms with van der Waals surface area (Å²) in [7, 11) is 0. The van der Waals surface area contributed by atoms with Crippen LogP contribution >= 0.6 is 0 Å². The van der Waals surface area contributed by atoms with Crippen LogP contribution < -0.4 is 15.0 Å². The Labute approximate surface area is 196 Å². The lowest BCUT2D eigenvalue weighted by Gasteiger charge is -2.20.